The second-order valence-corrected chi connectivity index (χ2v) is 9.28. The van der Waals surface area contributed by atoms with Gasteiger partial charge in [-0.05, 0) is 44.7 Å². The topological polar surface area (TPSA) is 90.0 Å². The number of likely N-dealkylation sites (N-methyl/N-ethyl adjacent to an activating group) is 2. The Morgan fingerprint density at radius 3 is 2.21 bits per heavy atom. The minimum Gasteiger partial charge on any atom is -0.478 e. The van der Waals surface area contributed by atoms with E-state index in [0.717, 1.165) is 19.4 Å². The molecule has 7 nitrogen and oxygen atoms in total. The molecule has 2 N–H and O–H groups in total. The molecular weight excluding hydrogens is 358 g/mol. The number of rotatable bonds is 7. The van der Waals surface area contributed by atoms with Crippen LogP contribution in [0.3, 0.4) is 0 Å². The fourth-order valence-corrected chi connectivity index (χ4v) is 3.56. The molecule has 1 rings (SSSR count). The quantitative estimate of drug-likeness (QED) is 0.645. The largest absolute Gasteiger partial charge is 0.478 e. The summed E-state index contributed by atoms with van der Waals surface area (Å²) < 4.78 is 0. The van der Waals surface area contributed by atoms with Gasteiger partial charge < -0.3 is 15.3 Å². The third-order valence-corrected chi connectivity index (χ3v) is 5.46. The highest BCUT2D eigenvalue weighted by atomic mass is 16.4. The molecule has 7 heteroatoms. The molecule has 0 spiro atoms. The van der Waals surface area contributed by atoms with Crippen molar-refractivity contribution in [3.05, 3.63) is 11.6 Å². The van der Waals surface area contributed by atoms with Gasteiger partial charge in [-0.15, -0.1) is 0 Å². The molecule has 0 aromatic rings. The number of carboxylic acid groups (broad SMARTS) is 1. The first-order valence-electron chi connectivity index (χ1n) is 9.96. The molecule has 1 aliphatic heterocycles. The van der Waals surface area contributed by atoms with Crippen molar-refractivity contribution < 1.29 is 19.5 Å². The van der Waals surface area contributed by atoms with E-state index in [1.807, 2.05) is 46.6 Å². The first kappa shape index (κ1) is 24.1. The summed E-state index contributed by atoms with van der Waals surface area (Å²) in [6, 6.07) is -1.28. The van der Waals surface area contributed by atoms with E-state index >= 15 is 0 Å². The number of carbonyl (C=O) groups excluding carboxylic acids is 2. The van der Waals surface area contributed by atoms with E-state index in [-0.39, 0.29) is 35.4 Å². The molecule has 1 fully saturated rings. The lowest BCUT2D eigenvalue weighted by atomic mass is 9.85. The van der Waals surface area contributed by atoms with Gasteiger partial charge in [0.05, 0.1) is 12.1 Å². The van der Waals surface area contributed by atoms with E-state index in [4.69, 9.17) is 0 Å². The highest BCUT2D eigenvalue weighted by Gasteiger charge is 2.39. The van der Waals surface area contributed by atoms with Crippen LogP contribution < -0.4 is 5.32 Å². The van der Waals surface area contributed by atoms with E-state index in [1.165, 1.54) is 6.92 Å². The summed E-state index contributed by atoms with van der Waals surface area (Å²) in [6.07, 6.45) is 3.37. The van der Waals surface area contributed by atoms with E-state index in [9.17, 15) is 19.5 Å². The number of carbonyl (C=O) groups is 3. The highest BCUT2D eigenvalue weighted by molar-refractivity contribution is 5.91. The summed E-state index contributed by atoms with van der Waals surface area (Å²) in [5.74, 6) is -1.31. The van der Waals surface area contributed by atoms with Crippen LogP contribution in [0, 0.1) is 11.3 Å². The molecule has 0 aromatic heterocycles. The summed E-state index contributed by atoms with van der Waals surface area (Å²) >= 11 is 0. The third kappa shape index (κ3) is 6.06. The van der Waals surface area contributed by atoms with Crippen molar-refractivity contribution in [2.45, 2.75) is 72.5 Å². The van der Waals surface area contributed by atoms with Gasteiger partial charge in [0.1, 0.15) is 6.04 Å². The predicted molar refractivity (Wildman–Crippen MR) is 110 cm³/mol. The number of carboxylic acids is 1. The van der Waals surface area contributed by atoms with E-state index in [1.54, 1.807) is 18.0 Å². The Labute approximate surface area is 169 Å². The molecule has 2 amide bonds. The Hall–Kier alpha value is -1.89. The Bertz CT molecular complexity index is 622. The summed E-state index contributed by atoms with van der Waals surface area (Å²) in [5.41, 5.74) is -0.284. The van der Waals surface area contributed by atoms with E-state index < -0.39 is 17.4 Å². The van der Waals surface area contributed by atoms with Crippen LogP contribution in [0.2, 0.25) is 0 Å². The normalized spacial score (nSPS) is 20.8. The zero-order chi connectivity index (χ0) is 21.8. The molecule has 1 aliphatic rings. The van der Waals surface area contributed by atoms with Crippen molar-refractivity contribution in [2.75, 3.05) is 20.6 Å². The molecule has 1 saturated heterocycles. The number of amides is 2. The van der Waals surface area contributed by atoms with Gasteiger partial charge in [-0.1, -0.05) is 40.7 Å². The molecule has 3 atom stereocenters. The van der Waals surface area contributed by atoms with Crippen LogP contribution in [0.4, 0.5) is 0 Å². The lowest BCUT2D eigenvalue weighted by Gasteiger charge is -2.38. The van der Waals surface area contributed by atoms with Crippen LogP contribution in [0.5, 0.6) is 0 Å². The molecule has 160 valence electrons. The van der Waals surface area contributed by atoms with Gasteiger partial charge in [-0.2, -0.15) is 0 Å². The minimum atomic E-state index is -1.00. The number of hydrogen-bond donors (Lipinski definition) is 2. The van der Waals surface area contributed by atoms with Crippen LogP contribution in [0.25, 0.3) is 0 Å². The van der Waals surface area contributed by atoms with Crippen molar-refractivity contribution in [1.82, 2.24) is 15.1 Å². The van der Waals surface area contributed by atoms with Gasteiger partial charge >= 0.3 is 5.97 Å². The molecule has 0 bridgehead atoms. The Morgan fingerprint density at radius 1 is 1.25 bits per heavy atom. The predicted octanol–water partition coefficient (Wildman–Crippen LogP) is 2.13. The second kappa shape index (κ2) is 9.54. The van der Waals surface area contributed by atoms with Crippen molar-refractivity contribution in [2.24, 2.45) is 11.3 Å². The smallest absolute Gasteiger partial charge is 0.331 e. The molecule has 0 aromatic carbocycles. The number of likely N-dealkylation sites (tertiary alicyclic amines) is 1. The molecule has 0 radical (unpaired) electrons. The van der Waals surface area contributed by atoms with E-state index in [2.05, 4.69) is 5.32 Å². The van der Waals surface area contributed by atoms with Crippen molar-refractivity contribution >= 4 is 17.8 Å². The zero-order valence-corrected chi connectivity index (χ0v) is 18.6. The van der Waals surface area contributed by atoms with Gasteiger partial charge in [0.25, 0.3) is 0 Å². The standard InChI is InChI=1S/C21H37N3O4/c1-13(2)16(12-14(3)20(27)28)24(8)19(26)17(21(4,5)6)22-18(25)15-10-9-11-23(15)7/h12-13,15-17H,9-11H2,1-8H3,(H,22,25)(H,27,28)/b14-12+/t15-,16-,17-/m1/s1. The monoisotopic (exact) mass is 395 g/mol. The maximum absolute atomic E-state index is 13.3. The first-order chi connectivity index (χ1) is 12.8. The summed E-state index contributed by atoms with van der Waals surface area (Å²) in [5, 5.41) is 12.2. The third-order valence-electron chi connectivity index (χ3n) is 5.46. The first-order valence-corrected chi connectivity index (χ1v) is 9.96. The fraction of sp³-hybridized carbons (Fsp3) is 0.762. The molecular formula is C21H37N3O4. The number of aliphatic carboxylic acids is 1. The van der Waals surface area contributed by atoms with Crippen LogP contribution >= 0.6 is 0 Å². The van der Waals surface area contributed by atoms with Crippen molar-refractivity contribution in [1.29, 1.82) is 0 Å². The number of nitrogens with one attached hydrogen (secondary N) is 1. The van der Waals surface area contributed by atoms with Crippen LogP contribution in [-0.2, 0) is 14.4 Å². The van der Waals surface area contributed by atoms with Crippen LogP contribution in [-0.4, -0.2) is 71.5 Å². The summed E-state index contributed by atoms with van der Waals surface area (Å²) in [4.78, 5) is 40.9. The summed E-state index contributed by atoms with van der Waals surface area (Å²) in [6.45, 7) is 12.0. The van der Waals surface area contributed by atoms with Crippen LogP contribution in [0.15, 0.2) is 11.6 Å². The van der Waals surface area contributed by atoms with Gasteiger partial charge in [0.2, 0.25) is 11.8 Å². The summed E-state index contributed by atoms with van der Waals surface area (Å²) in [7, 11) is 3.59. The number of nitrogens with zero attached hydrogens (tertiary/aromatic N) is 2. The molecule has 0 unspecified atom stereocenters. The van der Waals surface area contributed by atoms with Crippen molar-refractivity contribution in [3.63, 3.8) is 0 Å². The SMILES string of the molecule is C/C(=C\[C@H](C(C)C)N(C)C(=O)[C@@H](NC(=O)[C@H]1CCCN1C)C(C)(C)C)C(=O)O. The maximum Gasteiger partial charge on any atom is 0.331 e. The lowest BCUT2D eigenvalue weighted by molar-refractivity contribution is -0.141. The van der Waals surface area contributed by atoms with Gasteiger partial charge in [-0.3, -0.25) is 14.5 Å². The average Bonchev–Trinajstić information content (AvgIpc) is 3.00. The van der Waals surface area contributed by atoms with Gasteiger partial charge in [0.15, 0.2) is 0 Å². The Kier molecular flexibility index (Phi) is 8.23. The molecule has 0 saturated carbocycles. The molecule has 1 heterocycles. The fourth-order valence-electron chi connectivity index (χ4n) is 3.56. The Balaban J connectivity index is 3.09. The Morgan fingerprint density at radius 2 is 1.82 bits per heavy atom. The van der Waals surface area contributed by atoms with Crippen LogP contribution in [0.1, 0.15) is 54.4 Å². The molecule has 0 aliphatic carbocycles. The van der Waals surface area contributed by atoms with E-state index in [0.29, 0.717) is 0 Å². The maximum atomic E-state index is 13.3. The zero-order valence-electron chi connectivity index (χ0n) is 18.6. The van der Waals surface area contributed by atoms with Gasteiger partial charge in [-0.25, -0.2) is 4.79 Å². The minimum absolute atomic E-state index is 0.0283. The average molecular weight is 396 g/mol. The number of hydrogen-bond acceptors (Lipinski definition) is 4. The highest BCUT2D eigenvalue weighted by Crippen LogP contribution is 2.25. The van der Waals surface area contributed by atoms with Gasteiger partial charge in [0, 0.05) is 12.6 Å². The van der Waals surface area contributed by atoms with Crippen molar-refractivity contribution in [3.8, 4) is 0 Å². The lowest BCUT2D eigenvalue weighted by Crippen LogP contribution is -2.58. The molecule has 28 heavy (non-hydrogen) atoms. The second-order valence-electron chi connectivity index (χ2n) is 9.28.